The fourth-order valence-electron chi connectivity index (χ4n) is 11.3. The Kier molecular flexibility index (Phi) is 22.7. The van der Waals surface area contributed by atoms with E-state index in [1.165, 1.54) is 24.3 Å². The molecule has 0 saturated carbocycles. The molecule has 0 radical (unpaired) electrons. The molecule has 0 spiro atoms. The number of piperidine rings is 2. The Hall–Kier alpha value is -5.33. The monoisotopic (exact) mass is 1290 g/mol. The van der Waals surface area contributed by atoms with Gasteiger partial charge in [0.05, 0.1) is 47.5 Å². The minimum atomic E-state index is -1.29. The van der Waals surface area contributed by atoms with Crippen LogP contribution in [0.2, 0.25) is 61.4 Å². The Morgan fingerprint density at radius 1 is 0.557 bits per heavy atom. The summed E-state index contributed by atoms with van der Waals surface area (Å²) in [6.45, 7) is 32.9. The van der Waals surface area contributed by atoms with E-state index in [2.05, 4.69) is 39.3 Å². The lowest BCUT2D eigenvalue weighted by molar-refractivity contribution is -0.00965. The minimum absolute atomic E-state index is 0.141. The number of amides is 2. The molecule has 4 heterocycles. The third kappa shape index (κ3) is 18.0. The van der Waals surface area contributed by atoms with Crippen molar-refractivity contribution in [2.24, 2.45) is 14.1 Å². The molecule has 484 valence electrons. The van der Waals surface area contributed by atoms with Crippen LogP contribution in [0.4, 0.5) is 18.4 Å². The molecule has 22 heteroatoms. The maximum atomic E-state index is 13.9. The normalized spacial score (nSPS) is 16.4. The second-order valence-electron chi connectivity index (χ2n) is 28.4. The number of benzene rings is 4. The Balaban J connectivity index is 0.000000251. The Labute approximate surface area is 530 Å². The van der Waals surface area contributed by atoms with Crippen LogP contribution in [0.1, 0.15) is 116 Å². The van der Waals surface area contributed by atoms with Gasteiger partial charge in [0.1, 0.15) is 36.3 Å². The van der Waals surface area contributed by atoms with Crippen molar-refractivity contribution in [3.8, 4) is 0 Å². The molecule has 2 amide bonds. The lowest BCUT2D eigenvalue weighted by Gasteiger charge is -2.42. The van der Waals surface area contributed by atoms with E-state index in [9.17, 15) is 28.0 Å². The lowest BCUT2D eigenvalue weighted by atomic mass is 9.73. The number of aromatic nitrogens is 4. The highest BCUT2D eigenvalue weighted by atomic mass is 35.5. The number of carbonyl (C=O) groups excluding carboxylic acids is 2. The smallest absolute Gasteiger partial charge is 0.410 e. The molecule has 2 aliphatic rings. The van der Waals surface area contributed by atoms with Crippen LogP contribution in [0.3, 0.4) is 0 Å². The summed E-state index contributed by atoms with van der Waals surface area (Å²) in [5.74, 6) is -0.611. The number of halogens is 4. The average Bonchev–Trinajstić information content (AvgIpc) is 1.59. The summed E-state index contributed by atoms with van der Waals surface area (Å²) in [7, 11) is 0.931. The van der Waals surface area contributed by atoms with Crippen LogP contribution in [0.15, 0.2) is 82.4 Å². The second kappa shape index (κ2) is 28.5. The van der Waals surface area contributed by atoms with Crippen LogP contribution < -0.4 is 11.4 Å². The summed E-state index contributed by atoms with van der Waals surface area (Å²) in [4.78, 5) is 55.6. The molecule has 0 N–H and O–H groups in total. The van der Waals surface area contributed by atoms with E-state index in [0.29, 0.717) is 99.4 Å². The molecule has 16 nitrogen and oxygen atoms in total. The topological polar surface area (TPSA) is 150 Å². The maximum Gasteiger partial charge on any atom is 0.410 e. The fourth-order valence-corrected chi connectivity index (χ4v) is 13.3. The number of rotatable bonds is 20. The number of ether oxygens (including phenoxy) is 6. The van der Waals surface area contributed by atoms with Gasteiger partial charge in [0.2, 0.25) is 0 Å². The van der Waals surface area contributed by atoms with E-state index in [-0.39, 0.29) is 48.7 Å². The molecule has 6 aromatic rings. The van der Waals surface area contributed by atoms with Crippen molar-refractivity contribution < 1.29 is 46.8 Å². The van der Waals surface area contributed by atoms with Crippen molar-refractivity contribution in [1.82, 2.24) is 28.1 Å². The summed E-state index contributed by atoms with van der Waals surface area (Å²) in [5, 5.41) is 1.01. The molecule has 2 atom stereocenters. The van der Waals surface area contributed by atoms with Gasteiger partial charge in [-0.05, 0) is 153 Å². The SMILES string of the molecule is CC(OCC1(c2ccc(F)cc2)CCN(C(=O)OC(C)(C)C)CC1)c1cc(Cl)cc2c1n(C)c(=O)n2COCC[Si](C)(C)C.CC(OCC1(c2ccc(F)cc2)CCN(C(=O)OC(C)(C)C)CC1)c1cc(Cl)cc2c1n(COCC[Si](C)(C)C)c(=O)n2C. The number of likely N-dealkylation sites (tertiary alicyclic amines) is 2. The predicted octanol–water partition coefficient (Wildman–Crippen LogP) is 15.0. The zero-order valence-electron chi connectivity index (χ0n) is 54.7. The number of imidazole rings is 2. The van der Waals surface area contributed by atoms with Crippen molar-refractivity contribution >= 4 is 73.6 Å². The summed E-state index contributed by atoms with van der Waals surface area (Å²) >= 11 is 13.2. The third-order valence-electron chi connectivity index (χ3n) is 16.6. The molecule has 88 heavy (non-hydrogen) atoms. The highest BCUT2D eigenvalue weighted by molar-refractivity contribution is 6.76. The maximum absolute atomic E-state index is 13.9. The van der Waals surface area contributed by atoms with Gasteiger partial charge in [-0.3, -0.25) is 18.3 Å². The molecular formula is C66H94Cl2F2N6O10Si2. The first-order chi connectivity index (χ1) is 41.0. The van der Waals surface area contributed by atoms with Crippen LogP contribution in [-0.4, -0.2) is 120 Å². The first kappa shape index (κ1) is 70.1. The molecule has 2 fully saturated rings. The number of hydrogen-bond acceptors (Lipinski definition) is 10. The predicted molar refractivity (Wildman–Crippen MR) is 352 cm³/mol. The fraction of sp³-hybridized carbons (Fsp3) is 0.576. The van der Waals surface area contributed by atoms with Gasteiger partial charge in [0.25, 0.3) is 0 Å². The molecule has 2 aliphatic heterocycles. The standard InChI is InChI=1S/2C33H47ClFN3O5Si/c1-23(27-19-25(34)20-28-29(27)36(5)30(39)38(28)22-41-17-18-44(6,7)8)42-21-33(24-9-11-26(35)12-10-24)13-15-37(16-14-33)31(40)43-32(2,3)4;1-23(27-19-25(34)20-28-29(27)38(30(39)36(28)5)22-41-17-18-44(6,7)8)42-21-33(24-9-11-26(35)12-10-24)13-15-37(16-14-33)31(40)43-32(2,3)4/h2*9-12,19-20,23H,13-18,21-22H2,1-8H3. The summed E-state index contributed by atoms with van der Waals surface area (Å²) < 4.78 is 70.7. The average molecular weight is 1300 g/mol. The molecule has 2 unspecified atom stereocenters. The Morgan fingerprint density at radius 2 is 0.920 bits per heavy atom. The zero-order chi connectivity index (χ0) is 64.9. The number of aryl methyl sites for hydroxylation is 2. The second-order valence-corrected chi connectivity index (χ2v) is 40.5. The first-order valence-electron chi connectivity index (χ1n) is 30.6. The van der Waals surface area contributed by atoms with Crippen LogP contribution in [0.25, 0.3) is 22.1 Å². The van der Waals surface area contributed by atoms with Crippen molar-refractivity contribution in [3.05, 3.63) is 138 Å². The van der Waals surface area contributed by atoms with Gasteiger partial charge in [-0.15, -0.1) is 0 Å². The Bertz CT molecular complexity index is 3490. The number of nitrogens with zero attached hydrogens (tertiary/aromatic N) is 6. The molecule has 0 aliphatic carbocycles. The number of carbonyl (C=O) groups is 2. The van der Waals surface area contributed by atoms with Crippen LogP contribution in [0, 0.1) is 11.6 Å². The lowest BCUT2D eigenvalue weighted by Crippen LogP contribution is -2.48. The number of hydrogen-bond donors (Lipinski definition) is 0. The van der Waals surface area contributed by atoms with Crippen LogP contribution >= 0.6 is 23.2 Å². The molecule has 8 rings (SSSR count). The van der Waals surface area contributed by atoms with Crippen molar-refractivity contribution in [1.29, 1.82) is 0 Å². The van der Waals surface area contributed by atoms with Gasteiger partial charge in [0, 0.05) is 102 Å². The zero-order valence-corrected chi connectivity index (χ0v) is 58.2. The molecule has 2 aromatic heterocycles. The molecule has 0 bridgehead atoms. The number of fused-ring (bicyclic) bond motifs is 2. The van der Waals surface area contributed by atoms with Crippen molar-refractivity contribution in [2.75, 3.05) is 52.6 Å². The van der Waals surface area contributed by atoms with E-state index >= 15 is 0 Å². The van der Waals surface area contributed by atoms with Gasteiger partial charge < -0.3 is 38.2 Å². The van der Waals surface area contributed by atoms with Crippen LogP contribution in [-0.2, 0) is 66.8 Å². The van der Waals surface area contributed by atoms with Gasteiger partial charge in [0.15, 0.2) is 0 Å². The van der Waals surface area contributed by atoms with Crippen molar-refractivity contribution in [3.63, 3.8) is 0 Å². The quantitative estimate of drug-likeness (QED) is 0.0534. The minimum Gasteiger partial charge on any atom is -0.444 e. The third-order valence-corrected chi connectivity index (χ3v) is 20.5. The molecular weight excluding hydrogens is 1200 g/mol. The molecule has 4 aromatic carbocycles. The highest BCUT2D eigenvalue weighted by Crippen LogP contribution is 2.41. The Morgan fingerprint density at radius 3 is 1.31 bits per heavy atom. The van der Waals surface area contributed by atoms with E-state index in [4.69, 9.17) is 51.6 Å². The van der Waals surface area contributed by atoms with E-state index in [0.717, 1.165) is 45.4 Å². The largest absolute Gasteiger partial charge is 0.444 e. The summed E-state index contributed by atoms with van der Waals surface area (Å²) in [5.41, 5.74) is 3.98. The van der Waals surface area contributed by atoms with Gasteiger partial charge >= 0.3 is 23.6 Å². The summed E-state index contributed by atoms with van der Waals surface area (Å²) in [6, 6.07) is 22.4. The van der Waals surface area contributed by atoms with Gasteiger partial charge in [-0.2, -0.15) is 0 Å². The van der Waals surface area contributed by atoms with Crippen molar-refractivity contribution in [2.45, 2.75) is 180 Å². The van der Waals surface area contributed by atoms with Gasteiger partial charge in [-0.1, -0.05) is 86.7 Å². The highest BCUT2D eigenvalue weighted by Gasteiger charge is 2.42. The summed E-state index contributed by atoms with van der Waals surface area (Å²) in [6.07, 6.45) is 0.982. The van der Waals surface area contributed by atoms with E-state index in [1.807, 2.05) is 67.5 Å². The van der Waals surface area contributed by atoms with E-state index in [1.54, 1.807) is 78.6 Å². The molecule has 2 saturated heterocycles. The van der Waals surface area contributed by atoms with Crippen LogP contribution in [0.5, 0.6) is 0 Å². The first-order valence-corrected chi connectivity index (χ1v) is 38.8. The van der Waals surface area contributed by atoms with Gasteiger partial charge in [-0.25, -0.2) is 28.0 Å². The van der Waals surface area contributed by atoms with E-state index < -0.39 is 50.4 Å².